The van der Waals surface area contributed by atoms with Crippen LogP contribution < -0.4 is 10.6 Å². The number of likely N-dealkylation sites (N-methyl/N-ethyl adjacent to an activating group) is 1. The number of carboxylic acid groups (broad SMARTS) is 1. The lowest BCUT2D eigenvalue weighted by atomic mass is 10.4. The Bertz CT molecular complexity index is 315. The van der Waals surface area contributed by atoms with Crippen molar-refractivity contribution in [2.24, 2.45) is 0 Å². The van der Waals surface area contributed by atoms with Gasteiger partial charge in [-0.25, -0.2) is 4.79 Å². The molecular weight excluding hydrogens is 226 g/mol. The lowest BCUT2D eigenvalue weighted by molar-refractivity contribution is -0.137. The van der Waals surface area contributed by atoms with Crippen molar-refractivity contribution in [1.82, 2.24) is 15.5 Å². The topological polar surface area (TPSA) is 98.7 Å². The number of amides is 3. The van der Waals surface area contributed by atoms with Gasteiger partial charge in [0.05, 0.1) is 13.0 Å². The molecule has 1 saturated carbocycles. The summed E-state index contributed by atoms with van der Waals surface area (Å²) >= 11 is 0. The molecule has 0 heterocycles. The first-order valence-corrected chi connectivity index (χ1v) is 5.51. The van der Waals surface area contributed by atoms with E-state index in [4.69, 9.17) is 5.11 Å². The van der Waals surface area contributed by atoms with E-state index in [1.807, 2.05) is 0 Å². The highest BCUT2D eigenvalue weighted by molar-refractivity contribution is 5.84. The minimum absolute atomic E-state index is 0.0795. The van der Waals surface area contributed by atoms with Crippen LogP contribution in [0.3, 0.4) is 0 Å². The van der Waals surface area contributed by atoms with Crippen molar-refractivity contribution in [2.75, 3.05) is 20.1 Å². The number of nitrogens with one attached hydrogen (secondary N) is 2. The minimum atomic E-state index is -0.935. The van der Waals surface area contributed by atoms with Crippen LogP contribution in [0.5, 0.6) is 0 Å². The van der Waals surface area contributed by atoms with Crippen LogP contribution in [0.1, 0.15) is 19.3 Å². The second-order valence-corrected chi connectivity index (χ2v) is 3.90. The molecule has 17 heavy (non-hydrogen) atoms. The van der Waals surface area contributed by atoms with E-state index in [1.54, 1.807) is 0 Å². The highest BCUT2D eigenvalue weighted by Gasteiger charge is 2.32. The van der Waals surface area contributed by atoms with Crippen LogP contribution >= 0.6 is 0 Å². The van der Waals surface area contributed by atoms with E-state index in [1.165, 1.54) is 11.9 Å². The van der Waals surface area contributed by atoms with Gasteiger partial charge in [0.2, 0.25) is 5.91 Å². The molecule has 7 heteroatoms. The summed E-state index contributed by atoms with van der Waals surface area (Å²) in [5.41, 5.74) is 0. The molecule has 1 rings (SSSR count). The fourth-order valence-electron chi connectivity index (χ4n) is 1.40. The fraction of sp³-hybridized carbons (Fsp3) is 0.700. The van der Waals surface area contributed by atoms with Gasteiger partial charge in [0.25, 0.3) is 0 Å². The maximum atomic E-state index is 11.7. The number of carbonyl (C=O) groups excluding carboxylic acids is 2. The van der Waals surface area contributed by atoms with Crippen LogP contribution in [-0.2, 0) is 9.59 Å². The van der Waals surface area contributed by atoms with E-state index in [9.17, 15) is 14.4 Å². The lowest BCUT2D eigenvalue weighted by Crippen LogP contribution is -2.45. The Morgan fingerprint density at radius 1 is 1.35 bits per heavy atom. The van der Waals surface area contributed by atoms with Crippen LogP contribution in [0, 0.1) is 0 Å². The zero-order valence-electron chi connectivity index (χ0n) is 9.73. The molecule has 0 bridgehead atoms. The van der Waals surface area contributed by atoms with Crippen molar-refractivity contribution in [2.45, 2.75) is 25.3 Å². The first-order valence-electron chi connectivity index (χ1n) is 5.51. The minimum Gasteiger partial charge on any atom is -0.481 e. The molecule has 96 valence electrons. The first-order chi connectivity index (χ1) is 8.04. The summed E-state index contributed by atoms with van der Waals surface area (Å²) in [5.74, 6) is -1.22. The molecular formula is C10H17N3O4. The molecule has 7 nitrogen and oxygen atoms in total. The van der Waals surface area contributed by atoms with Crippen molar-refractivity contribution >= 4 is 17.9 Å². The lowest BCUT2D eigenvalue weighted by Gasteiger charge is -2.21. The highest BCUT2D eigenvalue weighted by Crippen LogP contribution is 2.26. The molecule has 1 fully saturated rings. The molecule has 0 atom stereocenters. The van der Waals surface area contributed by atoms with Crippen LogP contribution in [0.2, 0.25) is 0 Å². The van der Waals surface area contributed by atoms with Gasteiger partial charge in [-0.2, -0.15) is 0 Å². The summed E-state index contributed by atoms with van der Waals surface area (Å²) in [6.07, 6.45) is 1.71. The molecule has 1 aliphatic carbocycles. The molecule has 3 N–H and O–H groups in total. The SMILES string of the molecule is CNC(=O)CNC(=O)N(CCC(=O)O)C1CC1. The number of hydrogen-bond acceptors (Lipinski definition) is 3. The molecule has 0 aliphatic heterocycles. The average Bonchev–Trinajstić information content (AvgIpc) is 3.09. The Hall–Kier alpha value is -1.79. The van der Waals surface area contributed by atoms with E-state index in [2.05, 4.69) is 10.6 Å². The number of nitrogens with zero attached hydrogens (tertiary/aromatic N) is 1. The van der Waals surface area contributed by atoms with Crippen molar-refractivity contribution < 1.29 is 19.5 Å². The third-order valence-corrected chi connectivity index (χ3v) is 2.49. The summed E-state index contributed by atoms with van der Waals surface area (Å²) < 4.78 is 0. The third kappa shape index (κ3) is 4.71. The summed E-state index contributed by atoms with van der Waals surface area (Å²) in [4.78, 5) is 34.6. The Kier molecular flexibility index (Phi) is 4.74. The maximum Gasteiger partial charge on any atom is 0.318 e. The van der Waals surface area contributed by atoms with Crippen molar-refractivity contribution in [3.05, 3.63) is 0 Å². The number of urea groups is 1. The zero-order valence-corrected chi connectivity index (χ0v) is 9.73. The van der Waals surface area contributed by atoms with Crippen LogP contribution in [0.4, 0.5) is 4.79 Å². The number of rotatable bonds is 6. The van der Waals surface area contributed by atoms with E-state index in [0.717, 1.165) is 12.8 Å². The smallest absolute Gasteiger partial charge is 0.318 e. The number of hydrogen-bond donors (Lipinski definition) is 3. The number of carboxylic acids is 1. The molecule has 0 radical (unpaired) electrons. The summed E-state index contributed by atoms with van der Waals surface area (Å²) in [5, 5.41) is 13.4. The molecule has 0 aromatic carbocycles. The Morgan fingerprint density at radius 3 is 2.47 bits per heavy atom. The summed E-state index contributed by atoms with van der Waals surface area (Å²) in [7, 11) is 1.48. The monoisotopic (exact) mass is 243 g/mol. The number of aliphatic carboxylic acids is 1. The van der Waals surface area contributed by atoms with Gasteiger partial charge in [0.15, 0.2) is 0 Å². The first kappa shape index (κ1) is 13.3. The van der Waals surface area contributed by atoms with Gasteiger partial charge >= 0.3 is 12.0 Å². The average molecular weight is 243 g/mol. The molecule has 0 saturated heterocycles. The predicted molar refractivity (Wildman–Crippen MR) is 59.4 cm³/mol. The molecule has 1 aliphatic rings. The molecule has 0 aromatic rings. The Labute approximate surface area is 99.2 Å². The molecule has 0 aromatic heterocycles. The van der Waals surface area contributed by atoms with Gasteiger partial charge < -0.3 is 20.6 Å². The standard InChI is InChI=1S/C10H17N3O4/c1-11-8(14)6-12-10(17)13(7-2-3-7)5-4-9(15)16/h7H,2-6H2,1H3,(H,11,14)(H,12,17)(H,15,16). The Morgan fingerprint density at radius 2 is 2.00 bits per heavy atom. The normalized spacial score (nSPS) is 13.9. The van der Waals surface area contributed by atoms with E-state index < -0.39 is 5.97 Å². The van der Waals surface area contributed by atoms with Gasteiger partial charge in [-0.1, -0.05) is 0 Å². The number of carbonyl (C=O) groups is 3. The predicted octanol–water partition coefficient (Wildman–Crippen LogP) is -0.619. The zero-order chi connectivity index (χ0) is 12.8. The van der Waals surface area contributed by atoms with Gasteiger partial charge in [0, 0.05) is 19.6 Å². The van der Waals surface area contributed by atoms with Crippen LogP contribution in [-0.4, -0.2) is 54.1 Å². The maximum absolute atomic E-state index is 11.7. The van der Waals surface area contributed by atoms with Crippen molar-refractivity contribution in [3.8, 4) is 0 Å². The third-order valence-electron chi connectivity index (χ3n) is 2.49. The van der Waals surface area contributed by atoms with Gasteiger partial charge in [-0.15, -0.1) is 0 Å². The van der Waals surface area contributed by atoms with E-state index >= 15 is 0 Å². The quantitative estimate of drug-likeness (QED) is 0.579. The fourth-order valence-corrected chi connectivity index (χ4v) is 1.40. The van der Waals surface area contributed by atoms with Crippen molar-refractivity contribution in [3.63, 3.8) is 0 Å². The molecule has 0 unspecified atom stereocenters. The summed E-state index contributed by atoms with van der Waals surface area (Å²) in [6.45, 7) is 0.0885. The van der Waals surface area contributed by atoms with E-state index in [-0.39, 0.29) is 37.5 Å². The second-order valence-electron chi connectivity index (χ2n) is 3.90. The van der Waals surface area contributed by atoms with Gasteiger partial charge in [0.1, 0.15) is 0 Å². The van der Waals surface area contributed by atoms with Crippen LogP contribution in [0.15, 0.2) is 0 Å². The Balaban J connectivity index is 2.38. The molecule has 0 spiro atoms. The van der Waals surface area contributed by atoms with Crippen LogP contribution in [0.25, 0.3) is 0 Å². The summed E-state index contributed by atoms with van der Waals surface area (Å²) in [6, 6.07) is -0.253. The largest absolute Gasteiger partial charge is 0.481 e. The molecule has 3 amide bonds. The van der Waals surface area contributed by atoms with Gasteiger partial charge in [-0.3, -0.25) is 9.59 Å². The second kappa shape index (κ2) is 6.07. The van der Waals surface area contributed by atoms with Gasteiger partial charge in [-0.05, 0) is 12.8 Å². The van der Waals surface area contributed by atoms with Crippen molar-refractivity contribution in [1.29, 1.82) is 0 Å². The highest BCUT2D eigenvalue weighted by atomic mass is 16.4. The van der Waals surface area contributed by atoms with E-state index in [0.29, 0.717) is 0 Å².